The van der Waals surface area contributed by atoms with Crippen molar-refractivity contribution >= 4 is 11.9 Å². The Morgan fingerprint density at radius 1 is 1.33 bits per heavy atom. The van der Waals surface area contributed by atoms with Gasteiger partial charge in [-0.3, -0.25) is 0 Å². The molecule has 0 aromatic rings. The first kappa shape index (κ1) is 10.4. The molecule has 0 spiro atoms. The Morgan fingerprint density at radius 3 is 2.42 bits per heavy atom. The average Bonchev–Trinajstić information content (AvgIpc) is 2.10. The predicted molar refractivity (Wildman–Crippen MR) is 42.3 cm³/mol. The van der Waals surface area contributed by atoms with E-state index in [-0.39, 0.29) is 6.61 Å². The van der Waals surface area contributed by atoms with Gasteiger partial charge >= 0.3 is 11.9 Å². The summed E-state index contributed by atoms with van der Waals surface area (Å²) in [5, 5.41) is 0. The topological polar surface area (TPSA) is 52.6 Å². The van der Waals surface area contributed by atoms with Crippen LogP contribution in [-0.2, 0) is 19.1 Å². The number of hydrogen-bond acceptors (Lipinski definition) is 4. The summed E-state index contributed by atoms with van der Waals surface area (Å²) < 4.78 is 8.79. The quantitative estimate of drug-likeness (QED) is 0.349. The zero-order chi connectivity index (χ0) is 9.40. The summed E-state index contributed by atoms with van der Waals surface area (Å²) in [5.41, 5.74) is 0. The predicted octanol–water partition coefficient (Wildman–Crippen LogP) is 0.445. The van der Waals surface area contributed by atoms with Crippen LogP contribution in [0.2, 0.25) is 0 Å². The second-order valence-electron chi connectivity index (χ2n) is 1.78. The highest BCUT2D eigenvalue weighted by atomic mass is 16.5. The molecule has 4 nitrogen and oxygen atoms in total. The highest BCUT2D eigenvalue weighted by Gasteiger charge is 1.96. The molecule has 0 aliphatic rings. The van der Waals surface area contributed by atoms with E-state index in [1.165, 1.54) is 13.2 Å². The first-order valence-electron chi connectivity index (χ1n) is 3.24. The standard InChI is InChI=1S/C8H10O4/c1-3-6-12-8(10)5-4-7(9)11-2/h3-5H,1,6H2,2H3/b5-4-. The highest BCUT2D eigenvalue weighted by Crippen LogP contribution is 1.83. The second kappa shape index (κ2) is 6.15. The normalized spacial score (nSPS) is 9.42. The van der Waals surface area contributed by atoms with Crippen LogP contribution >= 0.6 is 0 Å². The molecule has 0 aliphatic carbocycles. The van der Waals surface area contributed by atoms with Crippen LogP contribution in [0.3, 0.4) is 0 Å². The molecule has 0 N–H and O–H groups in total. The zero-order valence-corrected chi connectivity index (χ0v) is 6.78. The summed E-state index contributed by atoms with van der Waals surface area (Å²) in [4.78, 5) is 21.1. The van der Waals surface area contributed by atoms with Crippen molar-refractivity contribution in [1.29, 1.82) is 0 Å². The van der Waals surface area contributed by atoms with Crippen LogP contribution in [0.25, 0.3) is 0 Å². The number of rotatable bonds is 4. The molecular weight excluding hydrogens is 160 g/mol. The van der Waals surface area contributed by atoms with E-state index in [1.807, 2.05) is 0 Å². The molecule has 0 rings (SSSR count). The Balaban J connectivity index is 3.75. The molecular formula is C8H10O4. The minimum Gasteiger partial charge on any atom is -0.466 e. The fraction of sp³-hybridized carbons (Fsp3) is 0.250. The minimum atomic E-state index is -0.597. The monoisotopic (exact) mass is 170 g/mol. The number of ether oxygens (including phenoxy) is 2. The Morgan fingerprint density at radius 2 is 1.92 bits per heavy atom. The number of methoxy groups -OCH3 is 1. The van der Waals surface area contributed by atoms with E-state index in [9.17, 15) is 9.59 Å². The Kier molecular flexibility index (Phi) is 5.34. The maximum absolute atomic E-state index is 10.7. The Hall–Kier alpha value is -1.58. The third-order valence-electron chi connectivity index (χ3n) is 0.900. The van der Waals surface area contributed by atoms with E-state index < -0.39 is 11.9 Å². The molecule has 0 aromatic heterocycles. The van der Waals surface area contributed by atoms with Crippen molar-refractivity contribution in [1.82, 2.24) is 0 Å². The first-order valence-corrected chi connectivity index (χ1v) is 3.24. The van der Waals surface area contributed by atoms with E-state index in [1.54, 1.807) is 0 Å². The van der Waals surface area contributed by atoms with Crippen molar-refractivity contribution in [3.63, 3.8) is 0 Å². The SMILES string of the molecule is C=CCOC(=O)/C=C\C(=O)OC. The van der Waals surface area contributed by atoms with Gasteiger partial charge in [0, 0.05) is 12.2 Å². The molecule has 0 radical (unpaired) electrons. The maximum Gasteiger partial charge on any atom is 0.331 e. The molecule has 0 unspecified atom stereocenters. The second-order valence-corrected chi connectivity index (χ2v) is 1.78. The van der Waals surface area contributed by atoms with Crippen LogP contribution in [0.5, 0.6) is 0 Å². The molecule has 0 fully saturated rings. The molecule has 0 bridgehead atoms. The van der Waals surface area contributed by atoms with Gasteiger partial charge in [0.05, 0.1) is 7.11 Å². The maximum atomic E-state index is 10.7. The largest absolute Gasteiger partial charge is 0.466 e. The van der Waals surface area contributed by atoms with E-state index >= 15 is 0 Å². The minimum absolute atomic E-state index is 0.129. The molecule has 0 amide bonds. The van der Waals surface area contributed by atoms with Gasteiger partial charge < -0.3 is 9.47 Å². The van der Waals surface area contributed by atoms with E-state index in [2.05, 4.69) is 16.1 Å². The highest BCUT2D eigenvalue weighted by molar-refractivity contribution is 5.91. The number of hydrogen-bond donors (Lipinski definition) is 0. The summed E-state index contributed by atoms with van der Waals surface area (Å²) in [6.45, 7) is 3.48. The lowest BCUT2D eigenvalue weighted by molar-refractivity contribution is -0.138. The fourth-order valence-corrected chi connectivity index (χ4v) is 0.393. The molecule has 0 aliphatic heterocycles. The first-order chi connectivity index (χ1) is 5.70. The van der Waals surface area contributed by atoms with Crippen LogP contribution in [0, 0.1) is 0 Å². The van der Waals surface area contributed by atoms with Crippen molar-refractivity contribution in [2.45, 2.75) is 0 Å². The van der Waals surface area contributed by atoms with E-state index in [4.69, 9.17) is 0 Å². The zero-order valence-electron chi connectivity index (χ0n) is 6.78. The van der Waals surface area contributed by atoms with Crippen LogP contribution in [-0.4, -0.2) is 25.7 Å². The number of carbonyl (C=O) groups is 2. The van der Waals surface area contributed by atoms with Crippen molar-refractivity contribution < 1.29 is 19.1 Å². The van der Waals surface area contributed by atoms with Crippen LogP contribution in [0.1, 0.15) is 0 Å². The molecule has 0 saturated carbocycles. The lowest BCUT2D eigenvalue weighted by Gasteiger charge is -1.94. The molecule has 0 atom stereocenters. The Bertz CT molecular complexity index is 205. The third-order valence-corrected chi connectivity index (χ3v) is 0.900. The lowest BCUT2D eigenvalue weighted by Crippen LogP contribution is -2.02. The number of esters is 2. The van der Waals surface area contributed by atoms with Crippen molar-refractivity contribution in [3.05, 3.63) is 24.8 Å². The summed E-state index contributed by atoms with van der Waals surface area (Å²) in [7, 11) is 1.22. The van der Waals surface area contributed by atoms with Gasteiger partial charge in [-0.2, -0.15) is 0 Å². The molecule has 66 valence electrons. The van der Waals surface area contributed by atoms with Gasteiger partial charge in [-0.15, -0.1) is 0 Å². The van der Waals surface area contributed by atoms with Gasteiger partial charge in [-0.05, 0) is 0 Å². The molecule has 0 aromatic carbocycles. The van der Waals surface area contributed by atoms with Gasteiger partial charge in [-0.25, -0.2) is 9.59 Å². The summed E-state index contributed by atoms with van der Waals surface area (Å²) in [6.07, 6.45) is 3.42. The molecule has 4 heteroatoms. The summed E-state index contributed by atoms with van der Waals surface area (Å²) in [6, 6.07) is 0. The number of carbonyl (C=O) groups excluding carboxylic acids is 2. The van der Waals surface area contributed by atoms with Gasteiger partial charge in [0.25, 0.3) is 0 Å². The molecule has 0 saturated heterocycles. The fourth-order valence-electron chi connectivity index (χ4n) is 0.393. The molecule has 12 heavy (non-hydrogen) atoms. The molecule has 0 heterocycles. The smallest absolute Gasteiger partial charge is 0.331 e. The average molecular weight is 170 g/mol. The van der Waals surface area contributed by atoms with Gasteiger partial charge in [0.15, 0.2) is 0 Å². The summed E-state index contributed by atoms with van der Waals surface area (Å²) in [5.74, 6) is -1.19. The third kappa shape index (κ3) is 5.22. The van der Waals surface area contributed by atoms with Gasteiger partial charge in [-0.1, -0.05) is 12.7 Å². The summed E-state index contributed by atoms with van der Waals surface area (Å²) >= 11 is 0. The Labute approximate surface area is 70.5 Å². The van der Waals surface area contributed by atoms with Gasteiger partial charge in [0.2, 0.25) is 0 Å². The van der Waals surface area contributed by atoms with Crippen molar-refractivity contribution in [3.8, 4) is 0 Å². The lowest BCUT2D eigenvalue weighted by atomic mass is 10.5. The van der Waals surface area contributed by atoms with Crippen LogP contribution in [0.4, 0.5) is 0 Å². The van der Waals surface area contributed by atoms with E-state index in [0.717, 1.165) is 12.2 Å². The van der Waals surface area contributed by atoms with E-state index in [0.29, 0.717) is 0 Å². The van der Waals surface area contributed by atoms with Crippen LogP contribution < -0.4 is 0 Å². The van der Waals surface area contributed by atoms with Crippen molar-refractivity contribution in [2.75, 3.05) is 13.7 Å². The van der Waals surface area contributed by atoms with Gasteiger partial charge in [0.1, 0.15) is 6.61 Å². The van der Waals surface area contributed by atoms with Crippen LogP contribution in [0.15, 0.2) is 24.8 Å². The van der Waals surface area contributed by atoms with Crippen molar-refractivity contribution in [2.24, 2.45) is 0 Å².